The average Bonchev–Trinajstić information content (AvgIpc) is 2.48. The Morgan fingerprint density at radius 2 is 2.20 bits per heavy atom. The molecule has 15 heavy (non-hydrogen) atoms. The first-order valence-corrected chi connectivity index (χ1v) is 4.15. The van der Waals surface area contributed by atoms with Gasteiger partial charge in [-0.1, -0.05) is 0 Å². The highest BCUT2D eigenvalue weighted by molar-refractivity contribution is 5.84. The van der Waals surface area contributed by atoms with Crippen molar-refractivity contribution < 1.29 is 14.2 Å². The van der Waals surface area contributed by atoms with Gasteiger partial charge in [0.1, 0.15) is 11.7 Å². The molecule has 0 saturated carbocycles. The zero-order valence-electron chi connectivity index (χ0n) is 8.57. The fourth-order valence-corrected chi connectivity index (χ4v) is 0.744. The number of amides is 1. The minimum atomic E-state index is -0.713. The molecule has 0 aliphatic carbocycles. The quantitative estimate of drug-likeness (QED) is 0.749. The first-order chi connectivity index (χ1) is 6.92. The van der Waals surface area contributed by atoms with Crippen LogP contribution in [0.5, 0.6) is 0 Å². The number of rotatable bonds is 1. The molecule has 0 unspecified atom stereocenters. The molecule has 1 N–H and O–H groups in total. The summed E-state index contributed by atoms with van der Waals surface area (Å²) in [6.07, 6.45) is -0.713. The van der Waals surface area contributed by atoms with E-state index in [2.05, 4.69) is 20.3 Å². The van der Waals surface area contributed by atoms with E-state index in [1.165, 1.54) is 0 Å². The molecule has 1 aromatic rings. The fraction of sp³-hybridized carbons (Fsp3) is 0.500. The normalized spacial score (nSPS) is 10.5. The first-order valence-electron chi connectivity index (χ1n) is 4.15. The molecule has 0 saturated heterocycles. The molecule has 1 rings (SSSR count). The van der Waals surface area contributed by atoms with Crippen molar-refractivity contribution in [3.63, 3.8) is 0 Å². The van der Waals surface area contributed by atoms with Crippen molar-refractivity contribution in [1.82, 2.24) is 10.3 Å². The molecule has 0 aliphatic heterocycles. The van der Waals surface area contributed by atoms with Crippen LogP contribution in [0.2, 0.25) is 0 Å². The molecule has 0 aromatic carbocycles. The number of carbonyl (C=O) groups is 1. The number of carbonyl (C=O) groups excluding carboxylic acids is 1. The highest BCUT2D eigenvalue weighted by Crippen LogP contribution is 2.11. The van der Waals surface area contributed by atoms with Gasteiger partial charge in [0, 0.05) is 0 Å². The Hall–Kier alpha value is -2.10. The van der Waals surface area contributed by atoms with E-state index in [1.54, 1.807) is 26.8 Å². The van der Waals surface area contributed by atoms with Crippen LogP contribution < -0.4 is 5.32 Å². The van der Waals surface area contributed by atoms with E-state index in [0.717, 1.165) is 0 Å². The number of aromatic nitrogens is 2. The van der Waals surface area contributed by atoms with Crippen LogP contribution in [0.4, 0.5) is 10.6 Å². The summed E-state index contributed by atoms with van der Waals surface area (Å²) >= 11 is 0. The number of anilines is 1. The number of ether oxygens (including phenoxy) is 1. The smallest absolute Gasteiger partial charge is 0.413 e. The summed E-state index contributed by atoms with van der Waals surface area (Å²) in [6, 6.07) is 1.71. The number of nitriles is 1. The van der Waals surface area contributed by atoms with Gasteiger partial charge in [-0.25, -0.2) is 9.42 Å². The molecule has 1 aromatic heterocycles. The molecule has 0 spiro atoms. The van der Waals surface area contributed by atoms with Crippen molar-refractivity contribution in [2.75, 3.05) is 5.32 Å². The van der Waals surface area contributed by atoms with Gasteiger partial charge in [-0.3, -0.25) is 5.32 Å². The van der Waals surface area contributed by atoms with Crippen LogP contribution in [0.15, 0.2) is 4.63 Å². The molecular weight excluding hydrogens is 200 g/mol. The molecule has 1 heterocycles. The third-order valence-corrected chi connectivity index (χ3v) is 1.21. The number of hydrogen-bond donors (Lipinski definition) is 1. The topological polar surface area (TPSA) is 101 Å². The summed E-state index contributed by atoms with van der Waals surface area (Å²) in [6.45, 7) is 5.16. The summed E-state index contributed by atoms with van der Waals surface area (Å²) in [5.74, 6) is -0.0493. The molecule has 0 atom stereocenters. The van der Waals surface area contributed by atoms with E-state index in [0.29, 0.717) is 0 Å². The number of hydrogen-bond acceptors (Lipinski definition) is 6. The van der Waals surface area contributed by atoms with Crippen molar-refractivity contribution in [3.8, 4) is 6.07 Å². The Balaban J connectivity index is 2.64. The van der Waals surface area contributed by atoms with Crippen molar-refractivity contribution >= 4 is 11.9 Å². The second kappa shape index (κ2) is 3.96. The molecule has 0 radical (unpaired) electrons. The summed E-state index contributed by atoms with van der Waals surface area (Å²) in [5, 5.41) is 17.4. The Labute approximate surface area is 86.0 Å². The summed E-state index contributed by atoms with van der Waals surface area (Å²) in [4.78, 5) is 11.2. The first kappa shape index (κ1) is 11.0. The second-order valence-electron chi connectivity index (χ2n) is 3.70. The fourth-order valence-electron chi connectivity index (χ4n) is 0.744. The summed E-state index contributed by atoms with van der Waals surface area (Å²) in [7, 11) is 0. The molecule has 0 bridgehead atoms. The van der Waals surface area contributed by atoms with Crippen molar-refractivity contribution in [2.45, 2.75) is 26.4 Å². The molecule has 0 aliphatic rings. The molecule has 1 amide bonds. The van der Waals surface area contributed by atoms with Crippen LogP contribution in [0.3, 0.4) is 0 Å². The summed E-state index contributed by atoms with van der Waals surface area (Å²) in [5.41, 5.74) is -0.713. The maximum Gasteiger partial charge on any atom is 0.413 e. The minimum Gasteiger partial charge on any atom is -0.444 e. The lowest BCUT2D eigenvalue weighted by atomic mass is 10.2. The SMILES string of the molecule is CC(C)(C)OC(=O)Nc1nonc1C#N. The van der Waals surface area contributed by atoms with E-state index in [4.69, 9.17) is 10.00 Å². The molecule has 80 valence electrons. The highest BCUT2D eigenvalue weighted by atomic mass is 16.6. The molecule has 7 heteroatoms. The van der Waals surface area contributed by atoms with Crippen LogP contribution in [-0.2, 0) is 4.74 Å². The van der Waals surface area contributed by atoms with E-state index in [9.17, 15) is 4.79 Å². The largest absolute Gasteiger partial charge is 0.444 e. The Kier molecular flexibility index (Phi) is 2.90. The van der Waals surface area contributed by atoms with Crippen LogP contribution in [-0.4, -0.2) is 22.0 Å². The van der Waals surface area contributed by atoms with Gasteiger partial charge in [0.25, 0.3) is 0 Å². The van der Waals surface area contributed by atoms with Gasteiger partial charge in [0.05, 0.1) is 0 Å². The molecule has 7 nitrogen and oxygen atoms in total. The lowest BCUT2D eigenvalue weighted by Gasteiger charge is -2.18. The monoisotopic (exact) mass is 210 g/mol. The van der Waals surface area contributed by atoms with Gasteiger partial charge in [0.2, 0.25) is 11.5 Å². The predicted molar refractivity (Wildman–Crippen MR) is 48.9 cm³/mol. The van der Waals surface area contributed by atoms with Gasteiger partial charge < -0.3 is 4.74 Å². The van der Waals surface area contributed by atoms with E-state index in [1.807, 2.05) is 0 Å². The van der Waals surface area contributed by atoms with Crippen LogP contribution >= 0.6 is 0 Å². The third-order valence-electron chi connectivity index (χ3n) is 1.21. The van der Waals surface area contributed by atoms with Gasteiger partial charge in [0.15, 0.2) is 0 Å². The molecular formula is C8H10N4O3. The molecule has 0 fully saturated rings. The zero-order valence-corrected chi connectivity index (χ0v) is 8.57. The Bertz CT molecular complexity index is 399. The van der Waals surface area contributed by atoms with Gasteiger partial charge in [-0.2, -0.15) is 5.26 Å². The lowest BCUT2D eigenvalue weighted by Crippen LogP contribution is -2.27. The Morgan fingerprint density at radius 1 is 1.53 bits per heavy atom. The van der Waals surface area contributed by atoms with Gasteiger partial charge >= 0.3 is 6.09 Å². The zero-order chi connectivity index (χ0) is 11.5. The second-order valence-corrected chi connectivity index (χ2v) is 3.70. The average molecular weight is 210 g/mol. The Morgan fingerprint density at radius 3 is 2.73 bits per heavy atom. The summed E-state index contributed by atoms with van der Waals surface area (Å²) < 4.78 is 9.22. The number of nitrogens with one attached hydrogen (secondary N) is 1. The van der Waals surface area contributed by atoms with E-state index >= 15 is 0 Å². The third kappa shape index (κ3) is 3.27. The van der Waals surface area contributed by atoms with Crippen molar-refractivity contribution in [3.05, 3.63) is 5.69 Å². The standard InChI is InChI=1S/C8H10N4O3/c1-8(2,3)14-7(13)10-6-5(4-9)11-15-12-6/h1-3H3,(H,10,12,13). The maximum atomic E-state index is 11.2. The highest BCUT2D eigenvalue weighted by Gasteiger charge is 2.19. The van der Waals surface area contributed by atoms with Crippen LogP contribution in [0.25, 0.3) is 0 Å². The van der Waals surface area contributed by atoms with Gasteiger partial charge in [-0.15, -0.1) is 0 Å². The van der Waals surface area contributed by atoms with Crippen molar-refractivity contribution in [2.24, 2.45) is 0 Å². The number of nitrogens with zero attached hydrogens (tertiary/aromatic N) is 3. The predicted octanol–water partition coefficient (Wildman–Crippen LogP) is 1.29. The van der Waals surface area contributed by atoms with Gasteiger partial charge in [-0.05, 0) is 31.1 Å². The van der Waals surface area contributed by atoms with Crippen LogP contribution in [0, 0.1) is 11.3 Å². The maximum absolute atomic E-state index is 11.2. The van der Waals surface area contributed by atoms with Crippen molar-refractivity contribution in [1.29, 1.82) is 5.26 Å². The van der Waals surface area contributed by atoms with Crippen LogP contribution in [0.1, 0.15) is 26.5 Å². The van der Waals surface area contributed by atoms with E-state index < -0.39 is 11.7 Å². The lowest BCUT2D eigenvalue weighted by molar-refractivity contribution is 0.0634. The van der Waals surface area contributed by atoms with E-state index in [-0.39, 0.29) is 11.5 Å². The minimum absolute atomic E-state index is 0.0493.